The highest BCUT2D eigenvalue weighted by Gasteiger charge is 2.31. The highest BCUT2D eigenvalue weighted by molar-refractivity contribution is 7.90. The number of ether oxygens (including phenoxy) is 1. The van der Waals surface area contributed by atoms with Gasteiger partial charge in [0.2, 0.25) is 5.91 Å². The lowest BCUT2D eigenvalue weighted by molar-refractivity contribution is -0.131. The zero-order valence-electron chi connectivity index (χ0n) is 15.6. The summed E-state index contributed by atoms with van der Waals surface area (Å²) in [5.74, 6) is 0.531. The van der Waals surface area contributed by atoms with Gasteiger partial charge < -0.3 is 9.64 Å². The van der Waals surface area contributed by atoms with E-state index in [4.69, 9.17) is 16.3 Å². The molecule has 1 amide bonds. The normalized spacial score (nSPS) is 16.9. The van der Waals surface area contributed by atoms with Crippen LogP contribution in [0, 0.1) is 0 Å². The van der Waals surface area contributed by atoms with E-state index in [9.17, 15) is 13.2 Å². The topological polar surface area (TPSA) is 88.1 Å². The van der Waals surface area contributed by atoms with Crippen molar-refractivity contribution < 1.29 is 17.9 Å². The standard InChI is InChI=1S/C19H20ClN3O4S/c1-12(21-18-15-6-4-5-7-17(15)28(25,26)22-18)19(24)23(2)11-13-10-14(20)8-9-16(13)27-3/h4-10,12H,11H2,1-3H3,(H,21,22)/t12-/m0/s1. The van der Waals surface area contributed by atoms with Gasteiger partial charge in [0.25, 0.3) is 10.0 Å². The van der Waals surface area contributed by atoms with Gasteiger partial charge in [-0.3, -0.25) is 14.5 Å². The minimum absolute atomic E-state index is 0.158. The highest BCUT2D eigenvalue weighted by atomic mass is 35.5. The Balaban J connectivity index is 1.80. The van der Waals surface area contributed by atoms with Crippen LogP contribution in [-0.2, 0) is 21.4 Å². The van der Waals surface area contributed by atoms with E-state index in [1.54, 1.807) is 57.5 Å². The van der Waals surface area contributed by atoms with Gasteiger partial charge in [-0.05, 0) is 37.3 Å². The first-order valence-electron chi connectivity index (χ1n) is 8.50. The molecule has 0 saturated carbocycles. The van der Waals surface area contributed by atoms with Gasteiger partial charge in [-0.2, -0.15) is 0 Å². The third kappa shape index (κ3) is 3.98. The third-order valence-corrected chi connectivity index (χ3v) is 6.00. The van der Waals surface area contributed by atoms with Crippen molar-refractivity contribution in [3.8, 4) is 5.75 Å². The van der Waals surface area contributed by atoms with Crippen LogP contribution in [0.5, 0.6) is 5.75 Å². The van der Waals surface area contributed by atoms with Crippen LogP contribution in [0.15, 0.2) is 52.4 Å². The van der Waals surface area contributed by atoms with Crippen LogP contribution in [0.2, 0.25) is 5.02 Å². The van der Waals surface area contributed by atoms with Crippen molar-refractivity contribution in [2.45, 2.75) is 24.4 Å². The Kier molecular flexibility index (Phi) is 5.62. The van der Waals surface area contributed by atoms with Crippen molar-refractivity contribution in [3.63, 3.8) is 0 Å². The molecule has 2 aromatic carbocycles. The lowest BCUT2D eigenvalue weighted by Gasteiger charge is -2.21. The molecule has 0 unspecified atom stereocenters. The first-order valence-corrected chi connectivity index (χ1v) is 10.4. The number of rotatable bonds is 5. The Morgan fingerprint density at radius 1 is 1.29 bits per heavy atom. The highest BCUT2D eigenvalue weighted by Crippen LogP contribution is 2.25. The zero-order valence-corrected chi connectivity index (χ0v) is 17.2. The molecule has 1 atom stereocenters. The van der Waals surface area contributed by atoms with Crippen molar-refractivity contribution in [2.24, 2.45) is 4.99 Å². The summed E-state index contributed by atoms with van der Waals surface area (Å²) in [6, 6.07) is 10.9. The Morgan fingerprint density at radius 3 is 2.71 bits per heavy atom. The molecule has 28 heavy (non-hydrogen) atoms. The molecule has 0 aliphatic carbocycles. The van der Waals surface area contributed by atoms with E-state index in [1.807, 2.05) is 0 Å². The van der Waals surface area contributed by atoms with Crippen LogP contribution >= 0.6 is 11.6 Å². The van der Waals surface area contributed by atoms with Gasteiger partial charge >= 0.3 is 0 Å². The molecular weight excluding hydrogens is 402 g/mol. The molecule has 0 aromatic heterocycles. The second kappa shape index (κ2) is 7.81. The number of aliphatic imine (C=N–C) groups is 1. The molecule has 3 rings (SSSR count). The van der Waals surface area contributed by atoms with Crippen molar-refractivity contribution in [2.75, 3.05) is 14.2 Å². The smallest absolute Gasteiger partial charge is 0.263 e. The number of methoxy groups -OCH3 is 1. The Hall–Kier alpha value is -2.58. The lowest BCUT2D eigenvalue weighted by Crippen LogP contribution is -2.35. The number of benzene rings is 2. The van der Waals surface area contributed by atoms with E-state index in [1.165, 1.54) is 11.0 Å². The fourth-order valence-electron chi connectivity index (χ4n) is 3.00. The monoisotopic (exact) mass is 421 g/mol. The molecule has 9 heteroatoms. The summed E-state index contributed by atoms with van der Waals surface area (Å²) in [6.07, 6.45) is 0. The molecule has 0 bridgehead atoms. The van der Waals surface area contributed by atoms with Crippen LogP contribution in [0.3, 0.4) is 0 Å². The van der Waals surface area contributed by atoms with Crippen molar-refractivity contribution >= 4 is 33.4 Å². The average molecular weight is 422 g/mol. The number of nitrogens with one attached hydrogen (secondary N) is 1. The molecule has 1 heterocycles. The zero-order chi connectivity index (χ0) is 20.5. The van der Waals surface area contributed by atoms with E-state index in [0.29, 0.717) is 16.3 Å². The number of amidine groups is 1. The number of likely N-dealkylation sites (N-methyl/N-ethyl adjacent to an activating group) is 1. The minimum atomic E-state index is -3.65. The van der Waals surface area contributed by atoms with Gasteiger partial charge in [0.1, 0.15) is 17.6 Å². The Bertz CT molecular complexity index is 1050. The molecule has 2 aromatic rings. The van der Waals surface area contributed by atoms with Gasteiger partial charge in [0, 0.05) is 29.7 Å². The number of amides is 1. The summed E-state index contributed by atoms with van der Waals surface area (Å²) < 4.78 is 32.1. The number of hydrogen-bond acceptors (Lipinski definition) is 5. The Morgan fingerprint density at radius 2 is 2.00 bits per heavy atom. The maximum absolute atomic E-state index is 12.8. The van der Waals surface area contributed by atoms with Crippen LogP contribution in [-0.4, -0.2) is 45.3 Å². The van der Waals surface area contributed by atoms with Crippen molar-refractivity contribution in [1.82, 2.24) is 9.62 Å². The quantitative estimate of drug-likeness (QED) is 0.803. The molecule has 0 saturated heterocycles. The minimum Gasteiger partial charge on any atom is -0.496 e. The molecule has 0 radical (unpaired) electrons. The average Bonchev–Trinajstić information content (AvgIpc) is 2.91. The number of nitrogens with zero attached hydrogens (tertiary/aromatic N) is 2. The molecule has 148 valence electrons. The molecule has 1 N–H and O–H groups in total. The fourth-order valence-corrected chi connectivity index (χ4v) is 4.44. The van der Waals surface area contributed by atoms with Crippen molar-refractivity contribution in [3.05, 3.63) is 58.6 Å². The molecule has 0 spiro atoms. The number of halogens is 1. The summed E-state index contributed by atoms with van der Waals surface area (Å²) >= 11 is 6.04. The number of hydrogen-bond donors (Lipinski definition) is 1. The Labute approximate surface area is 169 Å². The van der Waals surface area contributed by atoms with Gasteiger partial charge in [0.15, 0.2) is 0 Å². The number of sulfonamides is 1. The SMILES string of the molecule is COc1ccc(Cl)cc1CN(C)C(=O)[C@H](C)N=C1NS(=O)(=O)c2ccccc21. The first kappa shape index (κ1) is 20.2. The number of carbonyl (C=O) groups is 1. The van der Waals surface area contributed by atoms with Crippen LogP contribution in [0.4, 0.5) is 0 Å². The maximum Gasteiger partial charge on any atom is 0.263 e. The molecule has 1 aliphatic heterocycles. The van der Waals surface area contributed by atoms with E-state index < -0.39 is 16.1 Å². The van der Waals surface area contributed by atoms with Gasteiger partial charge in [-0.25, -0.2) is 8.42 Å². The summed E-state index contributed by atoms with van der Waals surface area (Å²) in [7, 11) is -0.452. The predicted octanol–water partition coefficient (Wildman–Crippen LogP) is 2.43. The van der Waals surface area contributed by atoms with Crippen LogP contribution in [0.25, 0.3) is 0 Å². The van der Waals surface area contributed by atoms with E-state index in [2.05, 4.69) is 9.71 Å². The summed E-state index contributed by atoms with van der Waals surface area (Å²) in [4.78, 5) is 18.7. The summed E-state index contributed by atoms with van der Waals surface area (Å²) in [5, 5.41) is 0.543. The third-order valence-electron chi connectivity index (χ3n) is 4.37. The van der Waals surface area contributed by atoms with Gasteiger partial charge in [-0.15, -0.1) is 0 Å². The number of carbonyl (C=O) groups excluding carboxylic acids is 1. The van der Waals surface area contributed by atoms with Gasteiger partial charge in [0.05, 0.1) is 12.0 Å². The van der Waals surface area contributed by atoms with Crippen LogP contribution in [0.1, 0.15) is 18.1 Å². The molecule has 0 fully saturated rings. The van der Waals surface area contributed by atoms with Gasteiger partial charge in [-0.1, -0.05) is 23.7 Å². The fraction of sp³-hybridized carbons (Fsp3) is 0.263. The summed E-state index contributed by atoms with van der Waals surface area (Å²) in [6.45, 7) is 1.90. The van der Waals surface area contributed by atoms with E-state index in [0.717, 1.165) is 5.56 Å². The maximum atomic E-state index is 12.8. The second-order valence-electron chi connectivity index (χ2n) is 6.41. The first-order chi connectivity index (χ1) is 13.2. The van der Waals surface area contributed by atoms with E-state index in [-0.39, 0.29) is 23.2 Å². The van der Waals surface area contributed by atoms with Crippen molar-refractivity contribution in [1.29, 1.82) is 0 Å². The second-order valence-corrected chi connectivity index (χ2v) is 8.49. The van der Waals surface area contributed by atoms with E-state index >= 15 is 0 Å². The lowest BCUT2D eigenvalue weighted by atomic mass is 10.1. The van der Waals surface area contributed by atoms with Crippen LogP contribution < -0.4 is 9.46 Å². The number of fused-ring (bicyclic) bond motifs is 1. The molecular formula is C19H20ClN3O4S. The molecule has 7 nitrogen and oxygen atoms in total. The summed E-state index contributed by atoms with van der Waals surface area (Å²) in [5.41, 5.74) is 1.22. The predicted molar refractivity (Wildman–Crippen MR) is 107 cm³/mol. The largest absolute Gasteiger partial charge is 0.496 e. The molecule has 1 aliphatic rings.